The normalized spacial score (nSPS) is 14.6. The summed E-state index contributed by atoms with van der Waals surface area (Å²) in [5, 5.41) is 12.6. The van der Waals surface area contributed by atoms with Crippen LogP contribution < -0.4 is 0 Å². The van der Waals surface area contributed by atoms with E-state index in [1.165, 1.54) is 6.07 Å². The SMILES string of the molecule is Fc1ccccc1-n1nnc(-c2nc(-c3ccncc3)no2)c1C1CCCC1. The number of benzene rings is 1. The molecule has 1 aliphatic carbocycles. The summed E-state index contributed by atoms with van der Waals surface area (Å²) < 4.78 is 21.5. The van der Waals surface area contributed by atoms with Gasteiger partial charge in [0, 0.05) is 23.9 Å². The highest BCUT2D eigenvalue weighted by Crippen LogP contribution is 2.39. The van der Waals surface area contributed by atoms with E-state index in [1.807, 2.05) is 12.1 Å². The molecular weight excluding hydrogens is 359 g/mol. The Labute approximate surface area is 160 Å². The van der Waals surface area contributed by atoms with Crippen LogP contribution in [0.25, 0.3) is 28.7 Å². The maximum Gasteiger partial charge on any atom is 0.280 e. The van der Waals surface area contributed by atoms with Crippen LogP contribution in [0.1, 0.15) is 37.3 Å². The third kappa shape index (κ3) is 2.87. The Balaban J connectivity index is 1.62. The van der Waals surface area contributed by atoms with E-state index in [1.54, 1.807) is 35.3 Å². The third-order valence-corrected chi connectivity index (χ3v) is 5.09. The van der Waals surface area contributed by atoms with Crippen LogP contribution in [0.3, 0.4) is 0 Å². The predicted molar refractivity (Wildman–Crippen MR) is 99.0 cm³/mol. The van der Waals surface area contributed by atoms with Gasteiger partial charge < -0.3 is 4.52 Å². The molecule has 0 bridgehead atoms. The van der Waals surface area contributed by atoms with Crippen molar-refractivity contribution >= 4 is 0 Å². The van der Waals surface area contributed by atoms with Crippen LogP contribution >= 0.6 is 0 Å². The Morgan fingerprint density at radius 3 is 2.61 bits per heavy atom. The molecule has 1 saturated carbocycles. The van der Waals surface area contributed by atoms with Crippen LogP contribution in [0.2, 0.25) is 0 Å². The van der Waals surface area contributed by atoms with E-state index in [0.29, 0.717) is 17.2 Å². The summed E-state index contributed by atoms with van der Waals surface area (Å²) in [5.41, 5.74) is 2.52. The quantitative estimate of drug-likeness (QED) is 0.531. The summed E-state index contributed by atoms with van der Waals surface area (Å²) in [5.74, 6) is 0.619. The van der Waals surface area contributed by atoms with Crippen molar-refractivity contribution in [3.05, 3.63) is 60.3 Å². The zero-order valence-electron chi connectivity index (χ0n) is 15.0. The molecule has 4 aromatic rings. The van der Waals surface area contributed by atoms with Crippen molar-refractivity contribution in [2.75, 3.05) is 0 Å². The Kier molecular flexibility index (Phi) is 4.16. The first-order valence-electron chi connectivity index (χ1n) is 9.26. The number of rotatable bonds is 4. The Morgan fingerprint density at radius 2 is 1.82 bits per heavy atom. The van der Waals surface area contributed by atoms with E-state index in [4.69, 9.17) is 4.52 Å². The number of para-hydroxylation sites is 1. The summed E-state index contributed by atoms with van der Waals surface area (Å²) in [6.07, 6.45) is 7.59. The molecule has 3 aromatic heterocycles. The van der Waals surface area contributed by atoms with Gasteiger partial charge in [-0.2, -0.15) is 4.98 Å². The smallest absolute Gasteiger partial charge is 0.280 e. The molecule has 0 radical (unpaired) electrons. The summed E-state index contributed by atoms with van der Waals surface area (Å²) in [7, 11) is 0. The van der Waals surface area contributed by atoms with E-state index in [0.717, 1.165) is 36.9 Å². The molecule has 5 rings (SSSR count). The summed E-state index contributed by atoms with van der Waals surface area (Å²) in [4.78, 5) is 8.50. The highest BCUT2D eigenvalue weighted by atomic mass is 19.1. The van der Waals surface area contributed by atoms with Gasteiger partial charge in [0.05, 0.1) is 5.69 Å². The number of hydrogen-bond acceptors (Lipinski definition) is 6. The molecule has 0 aliphatic heterocycles. The minimum Gasteiger partial charge on any atom is -0.332 e. The summed E-state index contributed by atoms with van der Waals surface area (Å²) >= 11 is 0. The fraction of sp³-hybridized carbons (Fsp3) is 0.250. The Morgan fingerprint density at radius 1 is 1.04 bits per heavy atom. The minimum atomic E-state index is -0.346. The third-order valence-electron chi connectivity index (χ3n) is 5.09. The molecule has 0 atom stereocenters. The predicted octanol–water partition coefficient (Wildman–Crippen LogP) is 4.18. The number of aromatic nitrogens is 6. The molecule has 1 aliphatic rings. The molecular formula is C20H17FN6O. The van der Waals surface area contributed by atoms with E-state index in [9.17, 15) is 4.39 Å². The second-order valence-electron chi connectivity index (χ2n) is 6.83. The fourth-order valence-electron chi connectivity index (χ4n) is 3.75. The average molecular weight is 376 g/mol. The molecule has 1 fully saturated rings. The molecule has 0 amide bonds. The molecule has 0 unspecified atom stereocenters. The number of pyridine rings is 1. The van der Waals surface area contributed by atoms with E-state index in [-0.39, 0.29) is 17.6 Å². The van der Waals surface area contributed by atoms with Crippen LogP contribution in [0.15, 0.2) is 53.3 Å². The van der Waals surface area contributed by atoms with Crippen molar-refractivity contribution in [1.29, 1.82) is 0 Å². The van der Waals surface area contributed by atoms with Gasteiger partial charge in [0.2, 0.25) is 5.82 Å². The van der Waals surface area contributed by atoms with Crippen LogP contribution in [0, 0.1) is 5.82 Å². The molecule has 1 aromatic carbocycles. The molecule has 28 heavy (non-hydrogen) atoms. The van der Waals surface area contributed by atoms with Crippen LogP contribution in [-0.4, -0.2) is 30.1 Å². The van der Waals surface area contributed by atoms with E-state index < -0.39 is 0 Å². The van der Waals surface area contributed by atoms with Crippen molar-refractivity contribution in [2.45, 2.75) is 31.6 Å². The fourth-order valence-corrected chi connectivity index (χ4v) is 3.75. The summed E-state index contributed by atoms with van der Waals surface area (Å²) in [6, 6.07) is 10.2. The lowest BCUT2D eigenvalue weighted by atomic mass is 10.0. The average Bonchev–Trinajstić information content (AvgIpc) is 3.48. The van der Waals surface area contributed by atoms with Crippen molar-refractivity contribution < 1.29 is 8.91 Å². The zero-order valence-corrected chi connectivity index (χ0v) is 15.0. The lowest BCUT2D eigenvalue weighted by Crippen LogP contribution is -2.08. The maximum atomic E-state index is 14.4. The largest absolute Gasteiger partial charge is 0.332 e. The Hall–Kier alpha value is -3.42. The zero-order chi connectivity index (χ0) is 18.9. The van der Waals surface area contributed by atoms with E-state index in [2.05, 4.69) is 25.4 Å². The molecule has 7 nitrogen and oxygen atoms in total. The number of hydrogen-bond donors (Lipinski definition) is 0. The number of halogens is 1. The van der Waals surface area contributed by atoms with Gasteiger partial charge in [-0.05, 0) is 37.1 Å². The summed E-state index contributed by atoms with van der Waals surface area (Å²) in [6.45, 7) is 0. The first kappa shape index (κ1) is 16.7. The minimum absolute atomic E-state index is 0.223. The molecule has 8 heteroatoms. The molecule has 3 heterocycles. The van der Waals surface area contributed by atoms with Gasteiger partial charge in [0.25, 0.3) is 5.89 Å². The van der Waals surface area contributed by atoms with Crippen molar-refractivity contribution in [3.8, 4) is 28.7 Å². The standard InChI is InChI=1S/C20H17FN6O/c21-15-7-3-4-8-16(15)27-18(13-5-1-2-6-13)17(24-26-27)20-23-19(25-28-20)14-9-11-22-12-10-14/h3-4,7-13H,1-2,5-6H2. The maximum absolute atomic E-state index is 14.4. The van der Waals surface area contributed by atoms with Crippen molar-refractivity contribution in [2.24, 2.45) is 0 Å². The molecule has 0 saturated heterocycles. The molecule has 140 valence electrons. The van der Waals surface area contributed by atoms with Crippen LogP contribution in [0.4, 0.5) is 4.39 Å². The Bertz CT molecular complexity index is 1100. The van der Waals surface area contributed by atoms with Gasteiger partial charge in [0.15, 0.2) is 5.69 Å². The van der Waals surface area contributed by atoms with Gasteiger partial charge in [-0.15, -0.1) is 5.10 Å². The molecule has 0 N–H and O–H groups in total. The monoisotopic (exact) mass is 376 g/mol. The van der Waals surface area contributed by atoms with Crippen LogP contribution in [0.5, 0.6) is 0 Å². The van der Waals surface area contributed by atoms with Gasteiger partial charge >= 0.3 is 0 Å². The van der Waals surface area contributed by atoms with Gasteiger partial charge in [0.1, 0.15) is 11.5 Å². The van der Waals surface area contributed by atoms with Gasteiger partial charge in [-0.1, -0.05) is 35.3 Å². The topological polar surface area (TPSA) is 82.5 Å². The van der Waals surface area contributed by atoms with Crippen molar-refractivity contribution in [1.82, 2.24) is 30.1 Å². The first-order valence-corrected chi connectivity index (χ1v) is 9.26. The number of nitrogens with zero attached hydrogens (tertiary/aromatic N) is 6. The van der Waals surface area contributed by atoms with Crippen LogP contribution in [-0.2, 0) is 0 Å². The lowest BCUT2D eigenvalue weighted by molar-refractivity contribution is 0.430. The second-order valence-corrected chi connectivity index (χ2v) is 6.83. The van der Waals surface area contributed by atoms with E-state index >= 15 is 0 Å². The van der Waals surface area contributed by atoms with Gasteiger partial charge in [-0.25, -0.2) is 9.07 Å². The lowest BCUT2D eigenvalue weighted by Gasteiger charge is -2.13. The molecule has 0 spiro atoms. The second kappa shape index (κ2) is 6.95. The van der Waals surface area contributed by atoms with Crippen molar-refractivity contribution in [3.63, 3.8) is 0 Å². The highest BCUT2D eigenvalue weighted by molar-refractivity contribution is 5.59. The highest BCUT2D eigenvalue weighted by Gasteiger charge is 2.30. The first-order chi connectivity index (χ1) is 13.8. The van der Waals surface area contributed by atoms with Gasteiger partial charge in [-0.3, -0.25) is 4.98 Å².